The summed E-state index contributed by atoms with van der Waals surface area (Å²) in [6, 6.07) is 18.3. The van der Waals surface area contributed by atoms with Crippen molar-refractivity contribution in [2.75, 3.05) is 40.5 Å². The Balaban J connectivity index is 1.64. The number of hydrogen-bond acceptors (Lipinski definition) is 4. The van der Waals surface area contributed by atoms with Gasteiger partial charge >= 0.3 is 0 Å². The van der Waals surface area contributed by atoms with E-state index in [-0.39, 0.29) is 6.10 Å². The molecule has 2 aromatic rings. The van der Waals surface area contributed by atoms with Crippen LogP contribution in [0.1, 0.15) is 30.6 Å². The van der Waals surface area contributed by atoms with Crippen molar-refractivity contribution in [2.45, 2.75) is 26.0 Å². The molecule has 29 heavy (non-hydrogen) atoms. The van der Waals surface area contributed by atoms with Crippen molar-refractivity contribution in [3.63, 3.8) is 0 Å². The second kappa shape index (κ2) is 13.6. The third-order valence-electron chi connectivity index (χ3n) is 4.39. The summed E-state index contributed by atoms with van der Waals surface area (Å²) < 4.78 is 16.6. The number of nitrogens with one attached hydrogen (secondary N) is 2. The molecular weight excluding hydrogens is 366 g/mol. The minimum atomic E-state index is 0.104. The first kappa shape index (κ1) is 22.7. The Hall–Kier alpha value is -2.57. The lowest BCUT2D eigenvalue weighted by Crippen LogP contribution is -2.37. The highest BCUT2D eigenvalue weighted by Crippen LogP contribution is 2.15. The average Bonchev–Trinajstić information content (AvgIpc) is 2.76. The first-order valence-corrected chi connectivity index (χ1v) is 10.0. The Morgan fingerprint density at radius 2 is 1.83 bits per heavy atom. The number of rotatable bonds is 12. The zero-order valence-electron chi connectivity index (χ0n) is 17.7. The van der Waals surface area contributed by atoms with Crippen LogP contribution in [0.2, 0.25) is 0 Å². The number of methoxy groups -OCH3 is 1. The van der Waals surface area contributed by atoms with Gasteiger partial charge in [0.05, 0.1) is 12.7 Å². The molecule has 0 saturated carbocycles. The van der Waals surface area contributed by atoms with Crippen molar-refractivity contribution in [3.05, 3.63) is 65.7 Å². The van der Waals surface area contributed by atoms with Crippen LogP contribution in [0.4, 0.5) is 0 Å². The summed E-state index contributed by atoms with van der Waals surface area (Å²) in [4.78, 5) is 4.27. The molecule has 0 bridgehead atoms. The zero-order valence-corrected chi connectivity index (χ0v) is 17.7. The first-order valence-electron chi connectivity index (χ1n) is 10.0. The number of hydrogen-bond donors (Lipinski definition) is 2. The zero-order chi connectivity index (χ0) is 20.7. The lowest BCUT2D eigenvalue weighted by molar-refractivity contribution is 0.0646. The molecule has 0 aromatic heterocycles. The molecule has 158 valence electrons. The van der Waals surface area contributed by atoms with Gasteiger partial charge in [0.2, 0.25) is 0 Å². The second-order valence-corrected chi connectivity index (χ2v) is 6.62. The van der Waals surface area contributed by atoms with Crippen molar-refractivity contribution < 1.29 is 14.2 Å². The van der Waals surface area contributed by atoms with Gasteiger partial charge in [-0.3, -0.25) is 4.99 Å². The summed E-state index contributed by atoms with van der Waals surface area (Å²) in [5, 5.41) is 6.64. The maximum atomic E-state index is 5.90. The van der Waals surface area contributed by atoms with Gasteiger partial charge in [0.25, 0.3) is 0 Å². The van der Waals surface area contributed by atoms with Crippen molar-refractivity contribution >= 4 is 5.96 Å². The van der Waals surface area contributed by atoms with Crippen molar-refractivity contribution in [1.29, 1.82) is 0 Å². The lowest BCUT2D eigenvalue weighted by Gasteiger charge is -2.15. The second-order valence-electron chi connectivity index (χ2n) is 6.62. The molecule has 0 fully saturated rings. The first-order chi connectivity index (χ1) is 14.2. The molecule has 6 heteroatoms. The Kier molecular flexibility index (Phi) is 10.6. The van der Waals surface area contributed by atoms with E-state index in [9.17, 15) is 0 Å². The monoisotopic (exact) mass is 399 g/mol. The minimum absolute atomic E-state index is 0.104. The van der Waals surface area contributed by atoms with Gasteiger partial charge < -0.3 is 24.8 Å². The number of guanidine groups is 1. The standard InChI is InChI=1S/C23H33N3O3/c1-19(21-10-5-4-6-11-21)28-14-8-13-25-23(24-2)26-18-20-9-7-12-22(17-20)29-16-15-27-3/h4-7,9-12,17,19H,8,13-16,18H2,1-3H3,(H2,24,25,26). The lowest BCUT2D eigenvalue weighted by atomic mass is 10.1. The Morgan fingerprint density at radius 1 is 1.00 bits per heavy atom. The SMILES string of the molecule is CN=C(NCCCOC(C)c1ccccc1)NCc1cccc(OCCOC)c1. The van der Waals surface area contributed by atoms with Crippen LogP contribution >= 0.6 is 0 Å². The molecule has 2 aromatic carbocycles. The molecule has 2 rings (SSSR count). The number of nitrogens with zero attached hydrogens (tertiary/aromatic N) is 1. The normalized spacial score (nSPS) is 12.4. The van der Waals surface area contributed by atoms with E-state index in [1.54, 1.807) is 14.2 Å². The van der Waals surface area contributed by atoms with Gasteiger partial charge in [0, 0.05) is 33.9 Å². The van der Waals surface area contributed by atoms with Crippen LogP contribution in [-0.4, -0.2) is 46.5 Å². The van der Waals surface area contributed by atoms with Crippen molar-refractivity contribution in [2.24, 2.45) is 4.99 Å². The van der Waals surface area contributed by atoms with Crippen LogP contribution < -0.4 is 15.4 Å². The van der Waals surface area contributed by atoms with Crippen LogP contribution in [0, 0.1) is 0 Å². The van der Waals surface area contributed by atoms with Crippen LogP contribution in [0.3, 0.4) is 0 Å². The minimum Gasteiger partial charge on any atom is -0.491 e. The predicted octanol–water partition coefficient (Wildman–Crippen LogP) is 3.54. The van der Waals surface area contributed by atoms with E-state index in [1.807, 2.05) is 36.4 Å². The average molecular weight is 400 g/mol. The molecule has 0 aliphatic carbocycles. The summed E-state index contributed by atoms with van der Waals surface area (Å²) in [5.74, 6) is 1.61. The molecule has 0 spiro atoms. The van der Waals surface area contributed by atoms with Crippen LogP contribution in [-0.2, 0) is 16.0 Å². The van der Waals surface area contributed by atoms with Gasteiger partial charge in [-0.1, -0.05) is 42.5 Å². The van der Waals surface area contributed by atoms with Gasteiger partial charge in [-0.25, -0.2) is 0 Å². The molecule has 0 heterocycles. The third-order valence-corrected chi connectivity index (χ3v) is 4.39. The van der Waals surface area contributed by atoms with Gasteiger partial charge in [0.1, 0.15) is 12.4 Å². The fraction of sp³-hybridized carbons (Fsp3) is 0.435. The fourth-order valence-corrected chi connectivity index (χ4v) is 2.75. The van der Waals surface area contributed by atoms with E-state index >= 15 is 0 Å². The van der Waals surface area contributed by atoms with E-state index in [0.717, 1.165) is 30.2 Å². The summed E-state index contributed by atoms with van der Waals surface area (Å²) in [7, 11) is 3.44. The summed E-state index contributed by atoms with van der Waals surface area (Å²) in [6.45, 7) is 5.36. The van der Waals surface area contributed by atoms with Crippen molar-refractivity contribution in [1.82, 2.24) is 10.6 Å². The third kappa shape index (κ3) is 8.98. The number of ether oxygens (including phenoxy) is 3. The Morgan fingerprint density at radius 3 is 2.59 bits per heavy atom. The maximum Gasteiger partial charge on any atom is 0.191 e. The van der Waals surface area contributed by atoms with Crippen molar-refractivity contribution in [3.8, 4) is 5.75 Å². The van der Waals surface area contributed by atoms with E-state index in [4.69, 9.17) is 14.2 Å². The Labute approximate surface area is 174 Å². The van der Waals surface area contributed by atoms with Gasteiger partial charge in [-0.2, -0.15) is 0 Å². The summed E-state index contributed by atoms with van der Waals surface area (Å²) in [5.41, 5.74) is 2.33. The van der Waals surface area contributed by atoms with Gasteiger partial charge in [-0.15, -0.1) is 0 Å². The van der Waals surface area contributed by atoms with Gasteiger partial charge in [0.15, 0.2) is 5.96 Å². The highest BCUT2D eigenvalue weighted by atomic mass is 16.5. The molecule has 0 saturated heterocycles. The summed E-state index contributed by atoms with van der Waals surface area (Å²) in [6.07, 6.45) is 1.01. The number of aliphatic imine (C=N–C) groups is 1. The predicted molar refractivity (Wildman–Crippen MR) is 117 cm³/mol. The molecule has 0 aliphatic rings. The quantitative estimate of drug-likeness (QED) is 0.325. The fourth-order valence-electron chi connectivity index (χ4n) is 2.75. The summed E-state index contributed by atoms with van der Waals surface area (Å²) >= 11 is 0. The van der Waals surface area contributed by atoms with Crippen LogP contribution in [0.25, 0.3) is 0 Å². The highest BCUT2D eigenvalue weighted by molar-refractivity contribution is 5.79. The van der Waals surface area contributed by atoms with E-state index < -0.39 is 0 Å². The molecule has 0 aliphatic heterocycles. The molecule has 6 nitrogen and oxygen atoms in total. The van der Waals surface area contributed by atoms with Crippen LogP contribution in [0.15, 0.2) is 59.6 Å². The molecule has 0 amide bonds. The van der Waals surface area contributed by atoms with E-state index in [0.29, 0.717) is 26.4 Å². The maximum absolute atomic E-state index is 5.90. The van der Waals surface area contributed by atoms with E-state index in [2.05, 4.69) is 40.7 Å². The number of benzene rings is 2. The molecule has 1 unspecified atom stereocenters. The smallest absolute Gasteiger partial charge is 0.191 e. The molecule has 0 radical (unpaired) electrons. The topological polar surface area (TPSA) is 64.1 Å². The molecular formula is C23H33N3O3. The largest absolute Gasteiger partial charge is 0.491 e. The van der Waals surface area contributed by atoms with Crippen LogP contribution in [0.5, 0.6) is 5.75 Å². The Bertz CT molecular complexity index is 722. The molecule has 2 N–H and O–H groups in total. The highest BCUT2D eigenvalue weighted by Gasteiger charge is 2.05. The van der Waals surface area contributed by atoms with Gasteiger partial charge in [-0.05, 0) is 36.6 Å². The molecule has 1 atom stereocenters. The van der Waals surface area contributed by atoms with E-state index in [1.165, 1.54) is 5.56 Å².